The van der Waals surface area contributed by atoms with Gasteiger partial charge in [0.15, 0.2) is 0 Å². The Morgan fingerprint density at radius 1 is 1.00 bits per heavy atom. The third-order valence-electron chi connectivity index (χ3n) is 1.30. The van der Waals surface area contributed by atoms with Gasteiger partial charge < -0.3 is 20.7 Å². The number of aliphatic carboxylic acids is 2. The number of carbonyl (C=O) groups excluding carboxylic acids is 1. The summed E-state index contributed by atoms with van der Waals surface area (Å²) in [5.41, 5.74) is 3.70. The molecule has 0 unspecified atom stereocenters. The Hall–Kier alpha value is -1.83. The van der Waals surface area contributed by atoms with Gasteiger partial charge in [-0.25, -0.2) is 4.79 Å². The topological polar surface area (TPSA) is 130 Å². The summed E-state index contributed by atoms with van der Waals surface area (Å²) < 4.78 is 4.86. The fourth-order valence-corrected chi connectivity index (χ4v) is 0.838. The Balaban J connectivity index is -0.000000656. The van der Waals surface area contributed by atoms with Crippen molar-refractivity contribution in [3.8, 4) is 0 Å². The van der Waals surface area contributed by atoms with Gasteiger partial charge in [-0.15, -0.1) is 0 Å². The van der Waals surface area contributed by atoms with E-state index in [9.17, 15) is 14.4 Å². The molecule has 0 aromatic heterocycles. The monoisotopic (exact) mass is 294 g/mol. The smallest absolute Gasteiger partial charge is 0.411 e. The number of amides is 1. The number of nitrogens with zero attached hydrogens (tertiary/aromatic N) is 1. The van der Waals surface area contributed by atoms with Crippen molar-refractivity contribution in [1.29, 1.82) is 0 Å². The van der Waals surface area contributed by atoms with Crippen LogP contribution in [-0.2, 0) is 14.3 Å². The molecule has 0 aromatic rings. The van der Waals surface area contributed by atoms with Crippen LogP contribution in [0.1, 0.15) is 34.6 Å². The molecule has 0 heterocycles. The van der Waals surface area contributed by atoms with Gasteiger partial charge in [-0.05, 0) is 27.8 Å². The molecule has 0 aliphatic rings. The first kappa shape index (κ1) is 23.3. The van der Waals surface area contributed by atoms with Crippen LogP contribution in [-0.4, -0.2) is 58.9 Å². The highest BCUT2D eigenvalue weighted by Crippen LogP contribution is 2.09. The first-order valence-corrected chi connectivity index (χ1v) is 6.11. The number of ether oxygens (including phenoxy) is 1. The maximum absolute atomic E-state index is 11.4. The van der Waals surface area contributed by atoms with Gasteiger partial charge in [0.05, 0.1) is 0 Å². The molecule has 120 valence electrons. The average molecular weight is 294 g/mol. The van der Waals surface area contributed by atoms with Crippen LogP contribution in [0.2, 0.25) is 0 Å². The lowest BCUT2D eigenvalue weighted by atomic mass is 10.2. The first-order chi connectivity index (χ1) is 9.11. The van der Waals surface area contributed by atoms with Crippen LogP contribution >= 0.6 is 0 Å². The molecule has 4 N–H and O–H groups in total. The van der Waals surface area contributed by atoms with Crippen LogP contribution < -0.4 is 5.73 Å². The zero-order valence-corrected chi connectivity index (χ0v) is 13.0. The highest BCUT2D eigenvalue weighted by atomic mass is 16.6. The zero-order chi connectivity index (χ0) is 16.9. The number of carboxylic acid groups (broad SMARTS) is 2. The molecular formula is C12H26N2O6. The van der Waals surface area contributed by atoms with E-state index in [0.717, 1.165) is 0 Å². The minimum Gasteiger partial charge on any atom is -0.480 e. The summed E-state index contributed by atoms with van der Waals surface area (Å²) in [4.78, 5) is 32.9. The molecule has 0 aliphatic heterocycles. The number of hydrogen-bond acceptors (Lipinski definition) is 5. The summed E-state index contributed by atoms with van der Waals surface area (Å²) in [6.45, 7) is 7.39. The third kappa shape index (κ3) is 16.2. The summed E-state index contributed by atoms with van der Waals surface area (Å²) >= 11 is 0. The van der Waals surface area contributed by atoms with E-state index in [1.807, 2.05) is 13.8 Å². The van der Waals surface area contributed by atoms with Crippen molar-refractivity contribution in [2.45, 2.75) is 40.2 Å². The molecule has 0 aromatic carbocycles. The van der Waals surface area contributed by atoms with Crippen molar-refractivity contribution in [2.75, 3.05) is 20.1 Å². The second kappa shape index (κ2) is 12.2. The fourth-order valence-electron chi connectivity index (χ4n) is 0.838. The third-order valence-corrected chi connectivity index (χ3v) is 1.30. The summed E-state index contributed by atoms with van der Waals surface area (Å²) in [5, 5.41) is 17.0. The number of nitrogens with two attached hydrogens (primary N) is 1. The predicted molar refractivity (Wildman–Crippen MR) is 74.5 cm³/mol. The van der Waals surface area contributed by atoms with Gasteiger partial charge in [-0.3, -0.25) is 14.5 Å². The second-order valence-corrected chi connectivity index (χ2v) is 4.12. The Bertz CT molecular complexity index is 283. The first-order valence-electron chi connectivity index (χ1n) is 6.11. The maximum Gasteiger partial charge on any atom is 0.411 e. The Labute approximate surface area is 119 Å². The molecular weight excluding hydrogens is 268 g/mol. The second-order valence-electron chi connectivity index (χ2n) is 4.12. The lowest BCUT2D eigenvalue weighted by Gasteiger charge is -2.25. The summed E-state index contributed by atoms with van der Waals surface area (Å²) in [6, 6.07) is 0. The Morgan fingerprint density at radius 2 is 1.30 bits per heavy atom. The van der Waals surface area contributed by atoms with Crippen LogP contribution in [0.5, 0.6) is 0 Å². The fraction of sp³-hybridized carbons (Fsp3) is 0.750. The van der Waals surface area contributed by atoms with Crippen molar-refractivity contribution in [2.24, 2.45) is 5.73 Å². The average Bonchev–Trinajstić information content (AvgIpc) is 2.30. The van der Waals surface area contributed by atoms with Crippen molar-refractivity contribution < 1.29 is 29.3 Å². The summed E-state index contributed by atoms with van der Waals surface area (Å²) in [7, 11) is 1.50. The van der Waals surface area contributed by atoms with E-state index in [-0.39, 0.29) is 0 Å². The molecule has 1 amide bonds. The number of carbonyl (C=O) groups is 3. The van der Waals surface area contributed by atoms with E-state index in [1.165, 1.54) is 7.05 Å². The van der Waals surface area contributed by atoms with Crippen molar-refractivity contribution in [1.82, 2.24) is 4.90 Å². The maximum atomic E-state index is 11.4. The van der Waals surface area contributed by atoms with Gasteiger partial charge in [0, 0.05) is 0 Å². The Kier molecular flexibility index (Phi) is 14.2. The normalized spacial score (nSPS) is 9.15. The van der Waals surface area contributed by atoms with Crippen molar-refractivity contribution >= 4 is 18.0 Å². The van der Waals surface area contributed by atoms with Gasteiger partial charge in [0.2, 0.25) is 0 Å². The molecule has 0 radical (unpaired) electrons. The molecule has 0 bridgehead atoms. The van der Waals surface area contributed by atoms with Gasteiger partial charge >= 0.3 is 18.0 Å². The van der Waals surface area contributed by atoms with E-state index in [4.69, 9.17) is 14.9 Å². The van der Waals surface area contributed by atoms with Gasteiger partial charge in [-0.1, -0.05) is 13.8 Å². The quantitative estimate of drug-likeness (QED) is 0.704. The minimum absolute atomic E-state index is 0.607. The standard InChI is InChI=1S/C9H15NO6.C2H6.CH5N/c1-9(2,3)16-8(15)10(4-6(11)12)5-7(13)14;2*1-2/h4-5H2,1-3H3,(H,11,12)(H,13,14);1-2H3;2H2,1H3. The SMILES string of the molecule is CC.CC(C)(C)OC(=O)N(CC(=O)O)CC(=O)O.CN. The predicted octanol–water partition coefficient (Wildman–Crippen LogP) is 0.994. The van der Waals surface area contributed by atoms with Crippen molar-refractivity contribution in [3.63, 3.8) is 0 Å². The van der Waals surface area contributed by atoms with Gasteiger partial charge in [0.1, 0.15) is 18.7 Å². The number of hydrogen-bond donors (Lipinski definition) is 3. The molecule has 0 saturated heterocycles. The van der Waals surface area contributed by atoms with E-state index in [0.29, 0.717) is 4.90 Å². The molecule has 0 spiro atoms. The Morgan fingerprint density at radius 3 is 1.50 bits per heavy atom. The van der Waals surface area contributed by atoms with Crippen molar-refractivity contribution in [3.05, 3.63) is 0 Å². The van der Waals surface area contributed by atoms with Crippen LogP contribution in [0.25, 0.3) is 0 Å². The van der Waals surface area contributed by atoms with Crippen LogP contribution in [0.4, 0.5) is 4.79 Å². The molecule has 0 aliphatic carbocycles. The minimum atomic E-state index is -1.30. The van der Waals surface area contributed by atoms with Gasteiger partial charge in [-0.2, -0.15) is 0 Å². The lowest BCUT2D eigenvalue weighted by Crippen LogP contribution is -2.42. The molecule has 8 nitrogen and oxygen atoms in total. The van der Waals surface area contributed by atoms with E-state index >= 15 is 0 Å². The molecule has 0 rings (SSSR count). The van der Waals surface area contributed by atoms with Crippen LogP contribution in [0, 0.1) is 0 Å². The van der Waals surface area contributed by atoms with Gasteiger partial charge in [0.25, 0.3) is 0 Å². The van der Waals surface area contributed by atoms with Crippen LogP contribution in [0.15, 0.2) is 0 Å². The lowest BCUT2D eigenvalue weighted by molar-refractivity contribution is -0.141. The van der Waals surface area contributed by atoms with E-state index < -0.39 is 36.7 Å². The highest BCUT2D eigenvalue weighted by Gasteiger charge is 2.25. The highest BCUT2D eigenvalue weighted by molar-refractivity contribution is 5.81. The van der Waals surface area contributed by atoms with Crippen LogP contribution in [0.3, 0.4) is 0 Å². The molecule has 8 heteroatoms. The molecule has 0 fully saturated rings. The number of rotatable bonds is 4. The molecule has 0 atom stereocenters. The summed E-state index contributed by atoms with van der Waals surface area (Å²) in [6.07, 6.45) is -0.961. The van der Waals surface area contributed by atoms with E-state index in [1.54, 1.807) is 20.8 Å². The zero-order valence-electron chi connectivity index (χ0n) is 13.0. The molecule has 20 heavy (non-hydrogen) atoms. The van der Waals surface area contributed by atoms with E-state index in [2.05, 4.69) is 5.73 Å². The number of carboxylic acids is 2. The summed E-state index contributed by atoms with van der Waals surface area (Å²) in [5.74, 6) is -2.60. The largest absolute Gasteiger partial charge is 0.480 e. The molecule has 0 saturated carbocycles.